The molecule has 0 saturated carbocycles. The molecule has 0 atom stereocenters. The fraction of sp³-hybridized carbons (Fsp3) is 0.130. The van der Waals surface area contributed by atoms with E-state index in [9.17, 15) is 4.79 Å². The molecule has 0 unspecified atom stereocenters. The van der Waals surface area contributed by atoms with Crippen molar-refractivity contribution in [1.29, 1.82) is 0 Å². The predicted octanol–water partition coefficient (Wildman–Crippen LogP) is 3.76. The highest BCUT2D eigenvalue weighted by molar-refractivity contribution is 7.16. The average molecular weight is 433 g/mol. The number of primary amides is 1. The Morgan fingerprint density at radius 2 is 1.90 bits per heavy atom. The van der Waals surface area contributed by atoms with Crippen molar-refractivity contribution in [3.8, 4) is 34.6 Å². The monoisotopic (exact) mass is 433 g/mol. The Balaban J connectivity index is 1.72. The zero-order valence-electron chi connectivity index (χ0n) is 16.9. The van der Waals surface area contributed by atoms with Crippen LogP contribution in [-0.2, 0) is 6.61 Å². The molecular formula is C23H19N3O4S. The maximum atomic E-state index is 12.0. The zero-order chi connectivity index (χ0) is 22.0. The Labute approximate surface area is 183 Å². The number of thiophene rings is 1. The number of amides is 1. The van der Waals surface area contributed by atoms with Gasteiger partial charge in [-0.1, -0.05) is 24.1 Å². The van der Waals surface area contributed by atoms with E-state index in [0.29, 0.717) is 22.1 Å². The van der Waals surface area contributed by atoms with Gasteiger partial charge in [-0.15, -0.1) is 17.8 Å². The number of nitrogens with zero attached hydrogens (tertiary/aromatic N) is 2. The van der Waals surface area contributed by atoms with Crippen molar-refractivity contribution in [3.05, 3.63) is 64.8 Å². The van der Waals surface area contributed by atoms with Gasteiger partial charge in [0.05, 0.1) is 25.3 Å². The van der Waals surface area contributed by atoms with Crippen molar-refractivity contribution in [2.45, 2.75) is 6.61 Å². The predicted molar refractivity (Wildman–Crippen MR) is 119 cm³/mol. The number of hydrogen-bond acceptors (Lipinski definition) is 6. The van der Waals surface area contributed by atoms with E-state index in [1.54, 1.807) is 32.7 Å². The number of hydrogen-bond donors (Lipinski definition) is 1. The Morgan fingerprint density at radius 3 is 2.61 bits per heavy atom. The second-order valence-corrected chi connectivity index (χ2v) is 7.57. The maximum absolute atomic E-state index is 12.0. The van der Waals surface area contributed by atoms with Crippen LogP contribution in [0.15, 0.2) is 48.8 Å². The summed E-state index contributed by atoms with van der Waals surface area (Å²) in [4.78, 5) is 16.8. The number of methoxy groups -OCH3 is 2. The Bertz CT molecular complexity index is 1320. The first kappa shape index (κ1) is 20.3. The van der Waals surface area contributed by atoms with Crippen molar-refractivity contribution in [3.63, 3.8) is 0 Å². The van der Waals surface area contributed by atoms with Crippen LogP contribution in [0, 0.1) is 12.3 Å². The van der Waals surface area contributed by atoms with Gasteiger partial charge in [-0.25, -0.2) is 4.98 Å². The largest absolute Gasteiger partial charge is 0.493 e. The van der Waals surface area contributed by atoms with E-state index in [1.165, 1.54) is 11.3 Å². The quantitative estimate of drug-likeness (QED) is 0.448. The number of terminal acetylenes is 1. The number of aromatic nitrogens is 2. The van der Waals surface area contributed by atoms with E-state index in [-0.39, 0.29) is 6.61 Å². The molecule has 7 nitrogen and oxygen atoms in total. The SMILES string of the molecule is C#Cc1ccccc1COc1cc(-n2cnc3cc(OC)c(OC)cc32)sc1C(N)=O. The van der Waals surface area contributed by atoms with Gasteiger partial charge in [0.25, 0.3) is 5.91 Å². The van der Waals surface area contributed by atoms with Crippen LogP contribution in [0.5, 0.6) is 17.2 Å². The lowest BCUT2D eigenvalue weighted by atomic mass is 10.1. The first-order valence-corrected chi connectivity index (χ1v) is 10.1. The summed E-state index contributed by atoms with van der Waals surface area (Å²) in [7, 11) is 3.14. The van der Waals surface area contributed by atoms with Gasteiger partial charge >= 0.3 is 0 Å². The lowest BCUT2D eigenvalue weighted by Gasteiger charge is -2.08. The van der Waals surface area contributed by atoms with Gasteiger partial charge in [-0.05, 0) is 6.07 Å². The summed E-state index contributed by atoms with van der Waals surface area (Å²) in [6.07, 6.45) is 7.22. The summed E-state index contributed by atoms with van der Waals surface area (Å²) in [6, 6.07) is 12.9. The highest BCUT2D eigenvalue weighted by Crippen LogP contribution is 2.37. The summed E-state index contributed by atoms with van der Waals surface area (Å²) in [5.41, 5.74) is 8.69. The number of fused-ring (bicyclic) bond motifs is 1. The lowest BCUT2D eigenvalue weighted by Crippen LogP contribution is -2.10. The van der Waals surface area contributed by atoms with Crippen molar-refractivity contribution in [2.24, 2.45) is 5.73 Å². The van der Waals surface area contributed by atoms with Gasteiger partial charge in [-0.3, -0.25) is 9.36 Å². The van der Waals surface area contributed by atoms with Gasteiger partial charge in [0.1, 0.15) is 28.6 Å². The Hall–Kier alpha value is -3.96. The minimum absolute atomic E-state index is 0.215. The zero-order valence-corrected chi connectivity index (χ0v) is 17.7. The fourth-order valence-electron chi connectivity index (χ4n) is 3.21. The summed E-state index contributed by atoms with van der Waals surface area (Å²) >= 11 is 1.22. The standard InChI is InChI=1S/C23H19N3O4S/c1-4-14-7-5-6-8-15(14)12-30-20-11-21(31-22(20)23(24)27)26-13-25-16-9-18(28-2)19(29-3)10-17(16)26/h1,5-11,13H,12H2,2-3H3,(H2,24,27). The summed E-state index contributed by atoms with van der Waals surface area (Å²) in [6.45, 7) is 0.215. The lowest BCUT2D eigenvalue weighted by molar-refractivity contribution is 0.1000. The molecule has 0 spiro atoms. The molecule has 2 N–H and O–H groups in total. The maximum Gasteiger partial charge on any atom is 0.262 e. The van der Waals surface area contributed by atoms with E-state index < -0.39 is 5.91 Å². The number of nitrogens with two attached hydrogens (primary N) is 1. The molecule has 2 heterocycles. The number of carbonyl (C=O) groups is 1. The van der Waals surface area contributed by atoms with Crippen LogP contribution >= 0.6 is 11.3 Å². The third-order valence-electron chi connectivity index (χ3n) is 4.75. The molecule has 31 heavy (non-hydrogen) atoms. The van der Waals surface area contributed by atoms with Gasteiger partial charge in [0, 0.05) is 29.3 Å². The van der Waals surface area contributed by atoms with E-state index in [0.717, 1.165) is 27.2 Å². The molecule has 156 valence electrons. The van der Waals surface area contributed by atoms with Crippen LogP contribution in [0.1, 0.15) is 20.8 Å². The van der Waals surface area contributed by atoms with Crippen molar-refractivity contribution in [1.82, 2.24) is 9.55 Å². The molecule has 0 bridgehead atoms. The third-order valence-corrected chi connectivity index (χ3v) is 5.89. The number of ether oxygens (including phenoxy) is 3. The first-order valence-electron chi connectivity index (χ1n) is 9.26. The summed E-state index contributed by atoms with van der Waals surface area (Å²) < 4.78 is 18.5. The fourth-order valence-corrected chi connectivity index (χ4v) is 4.15. The minimum Gasteiger partial charge on any atom is -0.493 e. The van der Waals surface area contributed by atoms with E-state index in [1.807, 2.05) is 34.9 Å². The minimum atomic E-state index is -0.569. The Morgan fingerprint density at radius 1 is 1.16 bits per heavy atom. The number of rotatable bonds is 7. The van der Waals surface area contributed by atoms with Gasteiger partial charge in [0.15, 0.2) is 11.5 Å². The van der Waals surface area contributed by atoms with E-state index in [4.69, 9.17) is 26.4 Å². The van der Waals surface area contributed by atoms with Crippen LogP contribution < -0.4 is 19.9 Å². The van der Waals surface area contributed by atoms with Gasteiger partial charge in [-0.2, -0.15) is 0 Å². The van der Waals surface area contributed by atoms with Crippen LogP contribution in [0.3, 0.4) is 0 Å². The number of imidazole rings is 1. The molecule has 0 saturated heterocycles. The summed E-state index contributed by atoms with van der Waals surface area (Å²) in [5.74, 6) is 3.61. The molecule has 0 aliphatic heterocycles. The molecule has 4 rings (SSSR count). The third kappa shape index (κ3) is 3.79. The molecule has 0 radical (unpaired) electrons. The second kappa shape index (κ2) is 8.42. The second-order valence-electron chi connectivity index (χ2n) is 6.54. The topological polar surface area (TPSA) is 88.6 Å². The van der Waals surface area contributed by atoms with Gasteiger partial charge < -0.3 is 19.9 Å². The van der Waals surface area contributed by atoms with E-state index in [2.05, 4.69) is 10.9 Å². The molecule has 0 fully saturated rings. The number of carbonyl (C=O) groups excluding carboxylic acids is 1. The van der Waals surface area contributed by atoms with Crippen molar-refractivity contribution >= 4 is 28.3 Å². The van der Waals surface area contributed by atoms with Gasteiger partial charge in [0.2, 0.25) is 0 Å². The molecule has 4 aromatic rings. The molecule has 0 aliphatic carbocycles. The van der Waals surface area contributed by atoms with Crippen molar-refractivity contribution in [2.75, 3.05) is 14.2 Å². The molecule has 0 aliphatic rings. The Kier molecular flexibility index (Phi) is 5.52. The molecular weight excluding hydrogens is 414 g/mol. The average Bonchev–Trinajstić information content (AvgIpc) is 3.40. The summed E-state index contributed by atoms with van der Waals surface area (Å²) in [5, 5.41) is 0.726. The van der Waals surface area contributed by atoms with Crippen LogP contribution in [-0.4, -0.2) is 29.7 Å². The molecule has 1 amide bonds. The van der Waals surface area contributed by atoms with E-state index >= 15 is 0 Å². The van der Waals surface area contributed by atoms with Crippen LogP contribution in [0.2, 0.25) is 0 Å². The first-order chi connectivity index (χ1) is 15.0. The van der Waals surface area contributed by atoms with Crippen LogP contribution in [0.4, 0.5) is 0 Å². The molecule has 8 heteroatoms. The smallest absolute Gasteiger partial charge is 0.262 e. The highest BCUT2D eigenvalue weighted by atomic mass is 32.1. The normalized spacial score (nSPS) is 10.6. The van der Waals surface area contributed by atoms with Crippen molar-refractivity contribution < 1.29 is 19.0 Å². The molecule has 2 aromatic carbocycles. The van der Waals surface area contributed by atoms with Crippen LogP contribution in [0.25, 0.3) is 16.0 Å². The molecule has 2 aromatic heterocycles. The highest BCUT2D eigenvalue weighted by Gasteiger charge is 2.19. The number of benzene rings is 2.